The Balaban J connectivity index is 1.80. The van der Waals surface area contributed by atoms with E-state index in [1.54, 1.807) is 17.8 Å². The number of nitrogen functional groups attached to an aromatic ring is 1. The van der Waals surface area contributed by atoms with Crippen LogP contribution in [0, 0.1) is 12.7 Å². The molecule has 4 rings (SSSR count). The van der Waals surface area contributed by atoms with Crippen LogP contribution in [0.3, 0.4) is 0 Å². The molecule has 1 unspecified atom stereocenters. The van der Waals surface area contributed by atoms with Gasteiger partial charge in [-0.15, -0.1) is 11.8 Å². The Morgan fingerprint density at radius 2 is 1.75 bits per heavy atom. The minimum atomic E-state index is -0.178. The highest BCUT2D eigenvalue weighted by Gasteiger charge is 2.24. The summed E-state index contributed by atoms with van der Waals surface area (Å²) in [6, 6.07) is 19.7. The van der Waals surface area contributed by atoms with Crippen LogP contribution in [-0.4, -0.2) is 11.9 Å². The summed E-state index contributed by atoms with van der Waals surface area (Å²) in [5, 5.41) is 0. The van der Waals surface area contributed by atoms with Gasteiger partial charge < -0.3 is 10.5 Å². The van der Waals surface area contributed by atoms with Crippen LogP contribution < -0.4 is 10.5 Å². The largest absolute Gasteiger partial charge is 0.490 e. The molecule has 166 valence electrons. The Kier molecular flexibility index (Phi) is 6.90. The number of halogens is 1. The summed E-state index contributed by atoms with van der Waals surface area (Å²) in [4.78, 5) is 1.13. The van der Waals surface area contributed by atoms with Crippen LogP contribution in [0.1, 0.15) is 55.4 Å². The van der Waals surface area contributed by atoms with Gasteiger partial charge in [0, 0.05) is 21.9 Å². The lowest BCUT2D eigenvalue weighted by atomic mass is 9.89. The molecule has 0 aliphatic carbocycles. The molecule has 0 aromatic heterocycles. The predicted octanol–water partition coefficient (Wildman–Crippen LogP) is 7.74. The maximum Gasteiger partial charge on any atom is 0.131 e. The first-order valence-corrected chi connectivity index (χ1v) is 12.3. The van der Waals surface area contributed by atoms with E-state index in [0.717, 1.165) is 63.4 Å². The van der Waals surface area contributed by atoms with Crippen molar-refractivity contribution in [2.24, 2.45) is 0 Å². The van der Waals surface area contributed by atoms with E-state index in [1.807, 2.05) is 43.3 Å². The molecule has 0 amide bonds. The number of benzene rings is 3. The van der Waals surface area contributed by atoms with Gasteiger partial charge in [-0.1, -0.05) is 50.6 Å². The van der Waals surface area contributed by atoms with E-state index < -0.39 is 0 Å². The number of hydrogen-bond acceptors (Lipinski definition) is 3. The van der Waals surface area contributed by atoms with Crippen molar-refractivity contribution in [3.05, 3.63) is 88.7 Å². The van der Waals surface area contributed by atoms with E-state index in [-0.39, 0.29) is 11.9 Å². The lowest BCUT2D eigenvalue weighted by molar-refractivity contribution is 0.186. The zero-order valence-corrected chi connectivity index (χ0v) is 19.8. The molecule has 0 bridgehead atoms. The Morgan fingerprint density at radius 3 is 2.44 bits per heavy atom. The average Bonchev–Trinajstić information content (AvgIpc) is 2.79. The quantitative estimate of drug-likeness (QED) is 0.376. The van der Waals surface area contributed by atoms with Crippen molar-refractivity contribution in [3.63, 3.8) is 0 Å². The third-order valence-electron chi connectivity index (χ3n) is 5.91. The number of fused-ring (bicyclic) bond motifs is 1. The van der Waals surface area contributed by atoms with E-state index >= 15 is 0 Å². The predicted molar refractivity (Wildman–Crippen MR) is 135 cm³/mol. The van der Waals surface area contributed by atoms with E-state index in [1.165, 1.54) is 0 Å². The first-order chi connectivity index (χ1) is 15.5. The molecule has 1 atom stereocenters. The highest BCUT2D eigenvalue weighted by molar-refractivity contribution is 7.99. The van der Waals surface area contributed by atoms with Gasteiger partial charge in [-0.3, -0.25) is 0 Å². The van der Waals surface area contributed by atoms with E-state index in [2.05, 4.69) is 32.0 Å². The van der Waals surface area contributed by atoms with Crippen LogP contribution in [0.15, 0.2) is 65.6 Å². The maximum absolute atomic E-state index is 15.0. The van der Waals surface area contributed by atoms with Crippen molar-refractivity contribution in [2.45, 2.75) is 51.0 Å². The summed E-state index contributed by atoms with van der Waals surface area (Å²) >= 11 is 1.71. The van der Waals surface area contributed by atoms with Gasteiger partial charge in [0.25, 0.3) is 0 Å². The average molecular weight is 448 g/mol. The molecule has 3 aromatic rings. The minimum Gasteiger partial charge on any atom is -0.490 e. The van der Waals surface area contributed by atoms with Crippen molar-refractivity contribution < 1.29 is 9.13 Å². The molecule has 2 N–H and O–H groups in total. The van der Waals surface area contributed by atoms with Gasteiger partial charge in [0.1, 0.15) is 11.6 Å². The van der Waals surface area contributed by atoms with E-state index in [0.29, 0.717) is 11.3 Å². The van der Waals surface area contributed by atoms with Gasteiger partial charge >= 0.3 is 0 Å². The highest BCUT2D eigenvalue weighted by Crippen LogP contribution is 2.45. The highest BCUT2D eigenvalue weighted by atomic mass is 32.2. The number of anilines is 1. The second-order valence-corrected chi connectivity index (χ2v) is 9.36. The second kappa shape index (κ2) is 9.83. The molecule has 1 aliphatic rings. The minimum absolute atomic E-state index is 0.178. The first kappa shape index (κ1) is 22.5. The van der Waals surface area contributed by atoms with Crippen LogP contribution in [0.4, 0.5) is 10.1 Å². The molecule has 0 saturated heterocycles. The summed E-state index contributed by atoms with van der Waals surface area (Å²) < 4.78 is 21.2. The summed E-state index contributed by atoms with van der Waals surface area (Å²) in [5.74, 6) is 1.39. The summed E-state index contributed by atoms with van der Waals surface area (Å²) in [6.07, 6.45) is 3.37. The third kappa shape index (κ3) is 4.71. The number of rotatable bonds is 7. The third-order valence-corrected chi connectivity index (χ3v) is 6.99. The van der Waals surface area contributed by atoms with Crippen LogP contribution in [0.2, 0.25) is 0 Å². The summed E-state index contributed by atoms with van der Waals surface area (Å²) in [7, 11) is 0. The van der Waals surface area contributed by atoms with Crippen molar-refractivity contribution >= 4 is 28.6 Å². The Morgan fingerprint density at radius 1 is 1.00 bits per heavy atom. The molecule has 1 aliphatic heterocycles. The lowest BCUT2D eigenvalue weighted by Gasteiger charge is -2.25. The van der Waals surface area contributed by atoms with Crippen LogP contribution in [0.25, 0.3) is 11.1 Å². The van der Waals surface area contributed by atoms with Gasteiger partial charge in [-0.05, 0) is 77.9 Å². The number of ether oxygens (including phenoxy) is 1. The van der Waals surface area contributed by atoms with Gasteiger partial charge in [0.2, 0.25) is 0 Å². The molecule has 4 heteroatoms. The molecule has 0 radical (unpaired) electrons. The van der Waals surface area contributed by atoms with E-state index in [9.17, 15) is 4.39 Å². The molecule has 0 fully saturated rings. The molecular weight excluding hydrogens is 417 g/mol. The van der Waals surface area contributed by atoms with Crippen molar-refractivity contribution in [3.8, 4) is 5.75 Å². The van der Waals surface area contributed by atoms with Crippen molar-refractivity contribution in [1.82, 2.24) is 0 Å². The zero-order valence-electron chi connectivity index (χ0n) is 19.0. The Hall–Kier alpha value is -2.72. The smallest absolute Gasteiger partial charge is 0.131 e. The van der Waals surface area contributed by atoms with Crippen molar-refractivity contribution in [1.29, 1.82) is 0 Å². The number of aryl methyl sites for hydroxylation is 1. The molecule has 2 nitrogen and oxygen atoms in total. The molecular formula is C28H30FNOS. The molecule has 3 aromatic carbocycles. The zero-order chi connectivity index (χ0) is 22.7. The molecule has 0 saturated carbocycles. The lowest BCUT2D eigenvalue weighted by Crippen LogP contribution is -2.14. The fraction of sp³-hybridized carbons (Fsp3) is 0.286. The maximum atomic E-state index is 15.0. The monoisotopic (exact) mass is 447 g/mol. The van der Waals surface area contributed by atoms with Gasteiger partial charge in [-0.2, -0.15) is 0 Å². The van der Waals surface area contributed by atoms with Crippen LogP contribution in [0.5, 0.6) is 5.75 Å². The SMILES string of the molecule is CCCC(CC)Oc1ccc(C2=C(c3ccc(C)cc3F)CSc3cc(N)ccc32)cc1. The number of nitrogens with two attached hydrogens (primary N) is 1. The molecule has 32 heavy (non-hydrogen) atoms. The normalized spacial score (nSPS) is 14.2. The Labute approximate surface area is 194 Å². The summed E-state index contributed by atoms with van der Waals surface area (Å²) in [6.45, 7) is 6.25. The standard InChI is InChI=1S/C28H30FNOS/c1-4-6-21(5-2)31-22-11-8-19(9-12-22)28-24-14-10-20(30)16-27(24)32-17-25(28)23-13-7-18(3)15-26(23)29/h7-16,21H,4-6,17,30H2,1-3H3. The summed E-state index contributed by atoms with van der Waals surface area (Å²) in [5.41, 5.74) is 12.6. The molecule has 0 spiro atoms. The molecule has 1 heterocycles. The fourth-order valence-electron chi connectivity index (χ4n) is 4.22. The fourth-order valence-corrected chi connectivity index (χ4v) is 5.36. The van der Waals surface area contributed by atoms with Crippen molar-refractivity contribution in [2.75, 3.05) is 11.5 Å². The van der Waals surface area contributed by atoms with Crippen LogP contribution in [-0.2, 0) is 0 Å². The number of thioether (sulfide) groups is 1. The topological polar surface area (TPSA) is 35.2 Å². The Bertz CT molecular complexity index is 1140. The van der Waals surface area contributed by atoms with E-state index in [4.69, 9.17) is 10.5 Å². The number of hydrogen-bond donors (Lipinski definition) is 1. The second-order valence-electron chi connectivity index (χ2n) is 8.34. The van der Waals surface area contributed by atoms with Gasteiger partial charge in [0.15, 0.2) is 0 Å². The first-order valence-electron chi connectivity index (χ1n) is 11.3. The van der Waals surface area contributed by atoms with Gasteiger partial charge in [0.05, 0.1) is 6.10 Å². The van der Waals surface area contributed by atoms with Crippen LogP contribution >= 0.6 is 11.8 Å². The van der Waals surface area contributed by atoms with Gasteiger partial charge in [-0.25, -0.2) is 4.39 Å².